The number of rotatable bonds is 6. The highest BCUT2D eigenvalue weighted by Gasteiger charge is 2.25. The van der Waals surface area contributed by atoms with Gasteiger partial charge in [0.05, 0.1) is 16.6 Å². The molecule has 3 aromatic carbocycles. The van der Waals surface area contributed by atoms with E-state index in [9.17, 15) is 13.6 Å². The van der Waals surface area contributed by atoms with Crippen molar-refractivity contribution in [2.75, 3.05) is 6.61 Å². The van der Waals surface area contributed by atoms with Crippen LogP contribution in [-0.2, 0) is 11.2 Å². The summed E-state index contributed by atoms with van der Waals surface area (Å²) < 4.78 is 39.4. The van der Waals surface area contributed by atoms with Crippen LogP contribution in [0.1, 0.15) is 43.2 Å². The van der Waals surface area contributed by atoms with E-state index in [1.165, 1.54) is 18.2 Å². The van der Waals surface area contributed by atoms with Crippen molar-refractivity contribution in [2.45, 2.75) is 39.2 Å². The number of fused-ring (bicyclic) bond motifs is 2. The smallest absolute Gasteiger partial charge is 0.355 e. The summed E-state index contributed by atoms with van der Waals surface area (Å²) in [4.78, 5) is 15.9. The highest BCUT2D eigenvalue weighted by Crippen LogP contribution is 2.32. The molecule has 0 amide bonds. The lowest BCUT2D eigenvalue weighted by Gasteiger charge is -2.19. The molecule has 4 rings (SSSR count). The van der Waals surface area contributed by atoms with E-state index in [1.807, 2.05) is 18.2 Å². The van der Waals surface area contributed by atoms with Crippen molar-refractivity contribution in [3.8, 4) is 5.75 Å². The molecule has 0 spiro atoms. The van der Waals surface area contributed by atoms with E-state index in [1.54, 1.807) is 32.9 Å². The Balaban J connectivity index is 1.56. The second-order valence-electron chi connectivity index (χ2n) is 8.84. The van der Waals surface area contributed by atoms with Crippen LogP contribution in [0.3, 0.4) is 0 Å². The summed E-state index contributed by atoms with van der Waals surface area (Å²) in [5.74, 6) is -0.528. The zero-order valence-corrected chi connectivity index (χ0v) is 20.2. The van der Waals surface area contributed by atoms with Crippen LogP contribution in [-0.4, -0.2) is 23.2 Å². The highest BCUT2D eigenvalue weighted by atomic mass is 79.9. The molecule has 0 fully saturated rings. The molecule has 33 heavy (non-hydrogen) atoms. The van der Waals surface area contributed by atoms with E-state index in [2.05, 4.69) is 20.9 Å². The molecule has 0 saturated heterocycles. The summed E-state index contributed by atoms with van der Waals surface area (Å²) in [7, 11) is 0. The number of hydrogen-bond acceptors (Lipinski definition) is 3. The Morgan fingerprint density at radius 3 is 2.58 bits per heavy atom. The van der Waals surface area contributed by atoms with Crippen LogP contribution < -0.4 is 4.74 Å². The van der Waals surface area contributed by atoms with Crippen LogP contribution in [0.25, 0.3) is 21.7 Å². The van der Waals surface area contributed by atoms with Crippen LogP contribution in [0.15, 0.2) is 53.0 Å². The van der Waals surface area contributed by atoms with Crippen LogP contribution in [0, 0.1) is 11.6 Å². The second kappa shape index (κ2) is 9.14. The quantitative estimate of drug-likeness (QED) is 0.216. The number of aromatic amines is 1. The minimum atomic E-state index is -0.662. The Bertz CT molecular complexity index is 1340. The molecule has 0 radical (unpaired) electrons. The highest BCUT2D eigenvalue weighted by molar-refractivity contribution is 9.10. The van der Waals surface area contributed by atoms with Crippen molar-refractivity contribution in [3.63, 3.8) is 0 Å². The maximum absolute atomic E-state index is 14.1. The van der Waals surface area contributed by atoms with E-state index < -0.39 is 17.4 Å². The number of benzene rings is 3. The van der Waals surface area contributed by atoms with Gasteiger partial charge in [-0.3, -0.25) is 0 Å². The monoisotopic (exact) mass is 515 g/mol. The molecule has 0 aliphatic rings. The van der Waals surface area contributed by atoms with Gasteiger partial charge in [0.1, 0.15) is 28.7 Å². The number of halogens is 3. The first-order valence-electron chi connectivity index (χ1n) is 10.7. The molecule has 0 saturated carbocycles. The standard InChI is InChI=1S/C26H24BrF2NO3/c1-26(2,3)33-25(31)24-18(19-11-12-20(29)22(27)23(19)30-24)7-5-13-32-21-8-4-6-15-14-16(28)9-10-17(15)21/h4,6,8-12,14,30H,5,7,13H2,1-3H3. The number of carbonyl (C=O) groups excluding carboxylic acids is 1. The van der Waals surface area contributed by atoms with Crippen LogP contribution in [0.5, 0.6) is 5.75 Å². The summed E-state index contributed by atoms with van der Waals surface area (Å²) in [6, 6.07) is 13.1. The average molecular weight is 516 g/mol. The molecule has 0 atom stereocenters. The van der Waals surface area contributed by atoms with E-state index in [0.717, 1.165) is 21.7 Å². The predicted molar refractivity (Wildman–Crippen MR) is 129 cm³/mol. The van der Waals surface area contributed by atoms with Crippen molar-refractivity contribution in [1.29, 1.82) is 0 Å². The van der Waals surface area contributed by atoms with Crippen LogP contribution >= 0.6 is 15.9 Å². The summed E-state index contributed by atoms with van der Waals surface area (Å²) in [5.41, 5.74) is 0.920. The number of ether oxygens (including phenoxy) is 2. The average Bonchev–Trinajstić information content (AvgIpc) is 3.12. The molecule has 0 aliphatic heterocycles. The maximum atomic E-state index is 14.1. The molecule has 0 unspecified atom stereocenters. The first kappa shape index (κ1) is 23.2. The Hall–Kier alpha value is -2.93. The number of aryl methyl sites for hydroxylation is 1. The molecule has 4 nitrogen and oxygen atoms in total. The fourth-order valence-electron chi connectivity index (χ4n) is 3.80. The second-order valence-corrected chi connectivity index (χ2v) is 9.63. The van der Waals surface area contributed by atoms with Crippen molar-refractivity contribution in [2.24, 2.45) is 0 Å². The molecular weight excluding hydrogens is 492 g/mol. The van der Waals surface area contributed by atoms with Gasteiger partial charge < -0.3 is 14.5 Å². The normalized spacial score (nSPS) is 11.8. The van der Waals surface area contributed by atoms with Crippen molar-refractivity contribution in [3.05, 3.63) is 75.9 Å². The molecule has 0 aliphatic carbocycles. The number of hydrogen-bond donors (Lipinski definition) is 1. The summed E-state index contributed by atoms with van der Waals surface area (Å²) in [6.45, 7) is 5.78. The number of nitrogens with one attached hydrogen (secondary N) is 1. The van der Waals surface area contributed by atoms with Gasteiger partial charge in [-0.05, 0) is 96.9 Å². The van der Waals surface area contributed by atoms with Gasteiger partial charge in [-0.15, -0.1) is 0 Å². The first-order valence-corrected chi connectivity index (χ1v) is 11.5. The predicted octanol–water partition coefficient (Wildman–Crippen LogP) is 7.33. The molecule has 1 aromatic heterocycles. The zero-order valence-electron chi connectivity index (χ0n) is 18.6. The van der Waals surface area contributed by atoms with Crippen molar-refractivity contribution >= 4 is 43.6 Å². The number of carbonyl (C=O) groups is 1. The third-order valence-corrected chi connectivity index (χ3v) is 5.98. The molecule has 172 valence electrons. The maximum Gasteiger partial charge on any atom is 0.355 e. The van der Waals surface area contributed by atoms with E-state index in [0.29, 0.717) is 36.4 Å². The van der Waals surface area contributed by atoms with Gasteiger partial charge in [0, 0.05) is 10.8 Å². The summed E-state index contributed by atoms with van der Waals surface area (Å²) in [6.07, 6.45) is 1.13. The minimum Gasteiger partial charge on any atom is -0.493 e. The van der Waals surface area contributed by atoms with Gasteiger partial charge >= 0.3 is 5.97 Å². The fraction of sp³-hybridized carbons (Fsp3) is 0.269. The molecule has 7 heteroatoms. The SMILES string of the molecule is CC(C)(C)OC(=O)c1[nH]c2c(Br)c(F)ccc2c1CCCOc1cccc2cc(F)ccc12. The third-order valence-electron chi connectivity index (χ3n) is 5.21. The van der Waals surface area contributed by atoms with Gasteiger partial charge in [-0.25, -0.2) is 13.6 Å². The van der Waals surface area contributed by atoms with Gasteiger partial charge in [-0.2, -0.15) is 0 Å². The largest absolute Gasteiger partial charge is 0.493 e. The van der Waals surface area contributed by atoms with Gasteiger partial charge in [-0.1, -0.05) is 12.1 Å². The molecular formula is C26H24BrF2NO3. The van der Waals surface area contributed by atoms with Crippen molar-refractivity contribution in [1.82, 2.24) is 4.98 Å². The minimum absolute atomic E-state index is 0.273. The lowest BCUT2D eigenvalue weighted by Crippen LogP contribution is -2.24. The molecule has 1 N–H and O–H groups in total. The Morgan fingerprint density at radius 1 is 1.06 bits per heavy atom. The molecule has 1 heterocycles. The molecule has 4 aromatic rings. The number of aromatic nitrogens is 1. The molecule has 0 bridgehead atoms. The Labute approximate surface area is 199 Å². The first-order chi connectivity index (χ1) is 15.6. The van der Waals surface area contributed by atoms with Crippen LogP contribution in [0.2, 0.25) is 0 Å². The third kappa shape index (κ3) is 5.03. The number of esters is 1. The van der Waals surface area contributed by atoms with E-state index in [4.69, 9.17) is 9.47 Å². The van der Waals surface area contributed by atoms with E-state index in [-0.39, 0.29) is 10.3 Å². The zero-order chi connectivity index (χ0) is 23.8. The Kier molecular flexibility index (Phi) is 6.43. The van der Waals surface area contributed by atoms with Crippen LogP contribution in [0.4, 0.5) is 8.78 Å². The van der Waals surface area contributed by atoms with Gasteiger partial charge in [0.25, 0.3) is 0 Å². The van der Waals surface area contributed by atoms with Gasteiger partial charge in [0.2, 0.25) is 0 Å². The topological polar surface area (TPSA) is 51.3 Å². The summed E-state index contributed by atoms with van der Waals surface area (Å²) in [5, 5.41) is 2.35. The van der Waals surface area contributed by atoms with Gasteiger partial charge in [0.15, 0.2) is 0 Å². The van der Waals surface area contributed by atoms with Crippen molar-refractivity contribution < 1.29 is 23.0 Å². The summed E-state index contributed by atoms with van der Waals surface area (Å²) >= 11 is 3.27. The lowest BCUT2D eigenvalue weighted by atomic mass is 10.1. The lowest BCUT2D eigenvalue weighted by molar-refractivity contribution is 0.00625. The number of H-pyrrole nitrogens is 1. The van der Waals surface area contributed by atoms with E-state index >= 15 is 0 Å². The Morgan fingerprint density at radius 2 is 1.82 bits per heavy atom. The fourth-order valence-corrected chi connectivity index (χ4v) is 4.25.